The van der Waals surface area contributed by atoms with E-state index in [1.807, 2.05) is 11.7 Å². The van der Waals surface area contributed by atoms with Gasteiger partial charge >= 0.3 is 0 Å². The summed E-state index contributed by atoms with van der Waals surface area (Å²) in [7, 11) is 3.73. The maximum Gasteiger partial charge on any atom is 0.138 e. The van der Waals surface area contributed by atoms with Crippen LogP contribution >= 0.6 is 0 Å². The van der Waals surface area contributed by atoms with E-state index in [0.29, 0.717) is 12.1 Å². The molecule has 1 heterocycles. The fraction of sp³-hybridized carbons (Fsp3) is 0.833. The van der Waals surface area contributed by atoms with E-state index in [1.54, 1.807) is 13.4 Å². The van der Waals surface area contributed by atoms with Crippen molar-refractivity contribution in [2.45, 2.75) is 45.2 Å². The summed E-state index contributed by atoms with van der Waals surface area (Å²) in [6.45, 7) is 5.06. The van der Waals surface area contributed by atoms with E-state index in [9.17, 15) is 0 Å². The third-order valence-corrected chi connectivity index (χ3v) is 2.87. The Hall–Kier alpha value is -0.940. The number of nitrogens with zero attached hydrogens (tertiary/aromatic N) is 3. The lowest BCUT2D eigenvalue weighted by Gasteiger charge is -2.17. The Bertz CT molecular complexity index is 311. The van der Waals surface area contributed by atoms with Gasteiger partial charge in [-0.25, -0.2) is 9.67 Å². The second-order valence-corrected chi connectivity index (χ2v) is 4.54. The van der Waals surface area contributed by atoms with E-state index in [4.69, 9.17) is 4.74 Å². The lowest BCUT2D eigenvalue weighted by atomic mass is 10.1. The van der Waals surface area contributed by atoms with E-state index in [-0.39, 0.29) is 0 Å². The van der Waals surface area contributed by atoms with Crippen molar-refractivity contribution in [2.75, 3.05) is 20.8 Å². The van der Waals surface area contributed by atoms with Gasteiger partial charge in [0, 0.05) is 32.2 Å². The van der Waals surface area contributed by atoms with Gasteiger partial charge in [0.05, 0.1) is 0 Å². The Labute approximate surface area is 104 Å². The topological polar surface area (TPSA) is 52.0 Å². The molecule has 0 saturated carbocycles. The number of likely N-dealkylation sites (N-methyl/N-ethyl adjacent to an activating group) is 1. The van der Waals surface area contributed by atoms with Gasteiger partial charge in [0.1, 0.15) is 12.2 Å². The zero-order valence-corrected chi connectivity index (χ0v) is 11.3. The Morgan fingerprint density at radius 2 is 2.24 bits per heavy atom. The zero-order chi connectivity index (χ0) is 12.7. The van der Waals surface area contributed by atoms with Crippen molar-refractivity contribution in [3.05, 3.63) is 12.2 Å². The van der Waals surface area contributed by atoms with E-state index in [0.717, 1.165) is 31.7 Å². The van der Waals surface area contributed by atoms with Crippen molar-refractivity contribution >= 4 is 0 Å². The third-order valence-electron chi connectivity index (χ3n) is 2.87. The van der Waals surface area contributed by atoms with Crippen molar-refractivity contribution in [1.29, 1.82) is 0 Å². The summed E-state index contributed by atoms with van der Waals surface area (Å²) in [5.74, 6) is 1.05. The number of nitrogens with one attached hydrogen (secondary N) is 1. The van der Waals surface area contributed by atoms with Gasteiger partial charge < -0.3 is 10.1 Å². The molecule has 1 atom stereocenters. The van der Waals surface area contributed by atoms with Crippen LogP contribution in [0.5, 0.6) is 0 Å². The molecule has 17 heavy (non-hydrogen) atoms. The molecule has 0 spiro atoms. The molecule has 0 saturated heterocycles. The minimum Gasteiger partial charge on any atom is -0.385 e. The minimum absolute atomic E-state index is 0.365. The maximum absolute atomic E-state index is 5.07. The Kier molecular flexibility index (Phi) is 6.15. The molecule has 0 radical (unpaired) electrons. The molecule has 5 heteroatoms. The largest absolute Gasteiger partial charge is 0.385 e. The van der Waals surface area contributed by atoms with Gasteiger partial charge in [0.15, 0.2) is 0 Å². The van der Waals surface area contributed by atoms with Crippen LogP contribution in [0.15, 0.2) is 6.33 Å². The highest BCUT2D eigenvalue weighted by Crippen LogP contribution is 2.09. The van der Waals surface area contributed by atoms with Crippen LogP contribution in [0.2, 0.25) is 0 Å². The molecule has 1 aromatic heterocycles. The molecule has 1 rings (SSSR count). The molecule has 0 fully saturated rings. The van der Waals surface area contributed by atoms with Crippen LogP contribution in [0.1, 0.15) is 38.6 Å². The van der Waals surface area contributed by atoms with Gasteiger partial charge in [-0.3, -0.25) is 0 Å². The van der Waals surface area contributed by atoms with Crippen molar-refractivity contribution in [1.82, 2.24) is 20.1 Å². The monoisotopic (exact) mass is 240 g/mol. The lowest BCUT2D eigenvalue weighted by molar-refractivity contribution is 0.189. The highest BCUT2D eigenvalue weighted by molar-refractivity contribution is 4.91. The standard InChI is InChI=1S/C12H24N4O/c1-10(2)16-12(14-9-15-16)8-11(13-3)6-5-7-17-4/h9-11,13H,5-8H2,1-4H3. The summed E-state index contributed by atoms with van der Waals surface area (Å²) in [6.07, 6.45) is 4.71. The molecule has 1 aromatic rings. The minimum atomic E-state index is 0.365. The second kappa shape index (κ2) is 7.40. The SMILES string of the molecule is CNC(CCCOC)Cc1ncnn1C(C)C. The van der Waals surface area contributed by atoms with Crippen LogP contribution in [0, 0.1) is 0 Å². The van der Waals surface area contributed by atoms with E-state index >= 15 is 0 Å². The van der Waals surface area contributed by atoms with Crippen molar-refractivity contribution in [3.63, 3.8) is 0 Å². The predicted molar refractivity (Wildman–Crippen MR) is 68.1 cm³/mol. The van der Waals surface area contributed by atoms with Crippen LogP contribution in [0.4, 0.5) is 0 Å². The molecule has 0 bridgehead atoms. The molecular formula is C12H24N4O. The Balaban J connectivity index is 2.51. The molecule has 1 N–H and O–H groups in total. The molecule has 0 aromatic carbocycles. The molecule has 0 aliphatic carbocycles. The van der Waals surface area contributed by atoms with Gasteiger partial charge in [-0.1, -0.05) is 0 Å². The predicted octanol–water partition coefficient (Wildman–Crippen LogP) is 1.42. The number of aromatic nitrogens is 3. The van der Waals surface area contributed by atoms with Crippen LogP contribution in [-0.4, -0.2) is 41.6 Å². The van der Waals surface area contributed by atoms with Gasteiger partial charge in [-0.2, -0.15) is 5.10 Å². The lowest BCUT2D eigenvalue weighted by Crippen LogP contribution is -2.29. The van der Waals surface area contributed by atoms with E-state index in [1.165, 1.54) is 0 Å². The first-order chi connectivity index (χ1) is 8.19. The van der Waals surface area contributed by atoms with Crippen molar-refractivity contribution < 1.29 is 4.74 Å². The number of rotatable bonds is 8. The smallest absolute Gasteiger partial charge is 0.138 e. The number of methoxy groups -OCH3 is 1. The molecule has 0 aliphatic heterocycles. The van der Waals surface area contributed by atoms with Crippen molar-refractivity contribution in [2.24, 2.45) is 0 Å². The molecule has 0 aliphatic rings. The summed E-state index contributed by atoms with van der Waals surface area (Å²) in [6, 6.07) is 0.802. The maximum atomic E-state index is 5.07. The highest BCUT2D eigenvalue weighted by atomic mass is 16.5. The zero-order valence-electron chi connectivity index (χ0n) is 11.3. The molecule has 98 valence electrons. The fourth-order valence-electron chi connectivity index (χ4n) is 1.89. The third kappa shape index (κ3) is 4.44. The highest BCUT2D eigenvalue weighted by Gasteiger charge is 2.13. The number of ether oxygens (including phenoxy) is 1. The summed E-state index contributed by atoms with van der Waals surface area (Å²) in [5, 5.41) is 7.58. The van der Waals surface area contributed by atoms with Crippen LogP contribution in [0.25, 0.3) is 0 Å². The second-order valence-electron chi connectivity index (χ2n) is 4.54. The normalized spacial score (nSPS) is 13.2. The first-order valence-corrected chi connectivity index (χ1v) is 6.23. The van der Waals surface area contributed by atoms with Crippen LogP contribution in [-0.2, 0) is 11.2 Å². The molecule has 5 nitrogen and oxygen atoms in total. The fourth-order valence-corrected chi connectivity index (χ4v) is 1.89. The first-order valence-electron chi connectivity index (χ1n) is 6.23. The quantitative estimate of drug-likeness (QED) is 0.698. The molecular weight excluding hydrogens is 216 g/mol. The van der Waals surface area contributed by atoms with E-state index < -0.39 is 0 Å². The summed E-state index contributed by atoms with van der Waals surface area (Å²) >= 11 is 0. The average molecular weight is 240 g/mol. The van der Waals surface area contributed by atoms with Gasteiger partial charge in [-0.15, -0.1) is 0 Å². The van der Waals surface area contributed by atoms with Gasteiger partial charge in [-0.05, 0) is 33.7 Å². The summed E-state index contributed by atoms with van der Waals surface area (Å²) < 4.78 is 7.06. The Morgan fingerprint density at radius 1 is 1.47 bits per heavy atom. The Morgan fingerprint density at radius 3 is 2.82 bits per heavy atom. The first kappa shape index (κ1) is 14.1. The number of hydrogen-bond acceptors (Lipinski definition) is 4. The summed E-state index contributed by atoms with van der Waals surface area (Å²) in [4.78, 5) is 4.33. The average Bonchev–Trinajstić information content (AvgIpc) is 2.76. The van der Waals surface area contributed by atoms with Gasteiger partial charge in [0.25, 0.3) is 0 Å². The summed E-state index contributed by atoms with van der Waals surface area (Å²) in [5.41, 5.74) is 0. The van der Waals surface area contributed by atoms with Crippen LogP contribution in [0.3, 0.4) is 0 Å². The van der Waals surface area contributed by atoms with Gasteiger partial charge in [0.2, 0.25) is 0 Å². The molecule has 1 unspecified atom stereocenters. The molecule has 0 amide bonds. The van der Waals surface area contributed by atoms with Crippen LogP contribution < -0.4 is 5.32 Å². The number of hydrogen-bond donors (Lipinski definition) is 1. The van der Waals surface area contributed by atoms with E-state index in [2.05, 4.69) is 29.2 Å². The van der Waals surface area contributed by atoms with Crippen molar-refractivity contribution in [3.8, 4) is 0 Å².